The number of rotatable bonds is 5. The summed E-state index contributed by atoms with van der Waals surface area (Å²) in [6.45, 7) is 3.60. The summed E-state index contributed by atoms with van der Waals surface area (Å²) in [5.41, 5.74) is 2.28. The number of benzene rings is 2. The van der Waals surface area contributed by atoms with E-state index in [0.29, 0.717) is 17.0 Å². The number of ether oxygens (including phenoxy) is 1. The lowest BCUT2D eigenvalue weighted by molar-refractivity contribution is -0.132. The molecule has 0 spiro atoms. The number of amides is 2. The highest BCUT2D eigenvalue weighted by atomic mass is 16.5. The second kappa shape index (κ2) is 7.83. The highest BCUT2D eigenvalue weighted by Gasteiger charge is 2.18. The van der Waals surface area contributed by atoms with Crippen molar-refractivity contribution in [3.63, 3.8) is 0 Å². The lowest BCUT2D eigenvalue weighted by Crippen LogP contribution is -2.32. The Kier molecular flexibility index (Phi) is 5.33. The maximum atomic E-state index is 12.3. The first-order valence-electron chi connectivity index (χ1n) is 8.50. The molecule has 0 atom stereocenters. The second-order valence-corrected chi connectivity index (χ2v) is 6.23. The van der Waals surface area contributed by atoms with E-state index in [1.54, 1.807) is 30.3 Å². The van der Waals surface area contributed by atoms with Gasteiger partial charge in [0, 0.05) is 30.4 Å². The highest BCUT2D eigenvalue weighted by molar-refractivity contribution is 6.04. The summed E-state index contributed by atoms with van der Waals surface area (Å²) >= 11 is 0. The molecule has 2 aromatic rings. The van der Waals surface area contributed by atoms with Gasteiger partial charge in [-0.3, -0.25) is 9.59 Å². The van der Waals surface area contributed by atoms with Gasteiger partial charge >= 0.3 is 0 Å². The van der Waals surface area contributed by atoms with Gasteiger partial charge in [0.15, 0.2) is 6.61 Å². The van der Waals surface area contributed by atoms with Crippen LogP contribution in [0.5, 0.6) is 5.75 Å². The number of hydrogen-bond donors (Lipinski definition) is 1. The summed E-state index contributed by atoms with van der Waals surface area (Å²) < 4.78 is 5.58. The van der Waals surface area contributed by atoms with Crippen LogP contribution in [0.4, 0.5) is 5.69 Å². The Morgan fingerprint density at radius 2 is 1.84 bits per heavy atom. The van der Waals surface area contributed by atoms with Gasteiger partial charge in [-0.05, 0) is 44.0 Å². The van der Waals surface area contributed by atoms with Crippen LogP contribution >= 0.6 is 0 Å². The van der Waals surface area contributed by atoms with E-state index in [1.165, 1.54) is 0 Å². The van der Waals surface area contributed by atoms with Gasteiger partial charge in [0.05, 0.1) is 0 Å². The molecule has 1 aliphatic rings. The molecule has 130 valence electrons. The predicted molar refractivity (Wildman–Crippen MR) is 96.9 cm³/mol. The summed E-state index contributed by atoms with van der Waals surface area (Å²) in [5, 5.41) is 2.85. The van der Waals surface area contributed by atoms with E-state index in [0.717, 1.165) is 31.5 Å². The Bertz CT molecular complexity index is 767. The fourth-order valence-electron chi connectivity index (χ4n) is 2.86. The molecule has 0 aromatic heterocycles. The van der Waals surface area contributed by atoms with Crippen LogP contribution < -0.4 is 10.1 Å². The van der Waals surface area contributed by atoms with Crippen LogP contribution in [0.25, 0.3) is 0 Å². The minimum atomic E-state index is -0.172. The Morgan fingerprint density at radius 1 is 1.08 bits per heavy atom. The van der Waals surface area contributed by atoms with Crippen molar-refractivity contribution in [2.45, 2.75) is 19.8 Å². The molecule has 0 radical (unpaired) electrons. The minimum Gasteiger partial charge on any atom is -0.484 e. The van der Waals surface area contributed by atoms with Crippen molar-refractivity contribution in [3.8, 4) is 5.75 Å². The van der Waals surface area contributed by atoms with Crippen molar-refractivity contribution in [2.24, 2.45) is 0 Å². The zero-order valence-corrected chi connectivity index (χ0v) is 14.3. The van der Waals surface area contributed by atoms with Crippen LogP contribution in [0, 0.1) is 6.92 Å². The molecule has 2 amide bonds. The molecule has 1 saturated heterocycles. The summed E-state index contributed by atoms with van der Waals surface area (Å²) in [7, 11) is 0. The number of carbonyl (C=O) groups excluding carboxylic acids is 2. The lowest BCUT2D eigenvalue weighted by Gasteiger charge is -2.15. The molecule has 1 aliphatic heterocycles. The van der Waals surface area contributed by atoms with E-state index in [2.05, 4.69) is 5.32 Å². The monoisotopic (exact) mass is 338 g/mol. The van der Waals surface area contributed by atoms with E-state index in [4.69, 9.17) is 4.74 Å². The van der Waals surface area contributed by atoms with Gasteiger partial charge in [-0.1, -0.05) is 23.8 Å². The van der Waals surface area contributed by atoms with Gasteiger partial charge in [-0.25, -0.2) is 0 Å². The fraction of sp³-hybridized carbons (Fsp3) is 0.300. The second-order valence-electron chi connectivity index (χ2n) is 6.23. The van der Waals surface area contributed by atoms with Gasteiger partial charge in [-0.2, -0.15) is 0 Å². The standard InChI is InChI=1S/C20H22N2O3/c1-15-6-4-7-16(12-15)20(24)21-17-8-5-9-18(13-17)25-14-19(23)22-10-2-3-11-22/h4-9,12-13H,2-3,10-11,14H2,1H3,(H,21,24). The molecule has 2 aromatic carbocycles. The minimum absolute atomic E-state index is 0.00620. The maximum Gasteiger partial charge on any atom is 0.260 e. The van der Waals surface area contributed by atoms with E-state index >= 15 is 0 Å². The molecule has 1 heterocycles. The van der Waals surface area contributed by atoms with Crippen LogP contribution in [-0.2, 0) is 4.79 Å². The number of anilines is 1. The van der Waals surface area contributed by atoms with E-state index in [-0.39, 0.29) is 18.4 Å². The van der Waals surface area contributed by atoms with Crippen molar-refractivity contribution >= 4 is 17.5 Å². The summed E-state index contributed by atoms with van der Waals surface area (Å²) in [4.78, 5) is 26.2. The molecule has 0 unspecified atom stereocenters. The van der Waals surface area contributed by atoms with Gasteiger partial charge in [0.2, 0.25) is 0 Å². The number of hydrogen-bond acceptors (Lipinski definition) is 3. The molecule has 3 rings (SSSR count). The third kappa shape index (κ3) is 4.59. The van der Waals surface area contributed by atoms with Crippen LogP contribution in [0.1, 0.15) is 28.8 Å². The summed E-state index contributed by atoms with van der Waals surface area (Å²) in [5.74, 6) is 0.398. The van der Waals surface area contributed by atoms with Gasteiger partial charge in [0.25, 0.3) is 11.8 Å². The highest BCUT2D eigenvalue weighted by Crippen LogP contribution is 2.19. The molecule has 5 nitrogen and oxygen atoms in total. The van der Waals surface area contributed by atoms with E-state index in [9.17, 15) is 9.59 Å². The van der Waals surface area contributed by atoms with E-state index in [1.807, 2.05) is 30.0 Å². The van der Waals surface area contributed by atoms with Crippen LogP contribution in [-0.4, -0.2) is 36.4 Å². The molecule has 1 N–H and O–H groups in total. The topological polar surface area (TPSA) is 58.6 Å². The Labute approximate surface area is 147 Å². The molecule has 25 heavy (non-hydrogen) atoms. The first-order valence-corrected chi connectivity index (χ1v) is 8.50. The average Bonchev–Trinajstić information content (AvgIpc) is 3.15. The third-order valence-corrected chi connectivity index (χ3v) is 4.19. The fourth-order valence-corrected chi connectivity index (χ4v) is 2.86. The first kappa shape index (κ1) is 17.0. The normalized spacial score (nSPS) is 13.6. The largest absolute Gasteiger partial charge is 0.484 e. The molecule has 0 aliphatic carbocycles. The van der Waals surface area contributed by atoms with Gasteiger partial charge in [0.1, 0.15) is 5.75 Å². The molecule has 5 heteroatoms. The lowest BCUT2D eigenvalue weighted by atomic mass is 10.1. The SMILES string of the molecule is Cc1cccc(C(=O)Nc2cccc(OCC(=O)N3CCCC3)c2)c1. The zero-order valence-electron chi connectivity index (χ0n) is 14.3. The smallest absolute Gasteiger partial charge is 0.260 e. The summed E-state index contributed by atoms with van der Waals surface area (Å²) in [6, 6.07) is 14.5. The van der Waals surface area contributed by atoms with Crippen molar-refractivity contribution in [1.29, 1.82) is 0 Å². The van der Waals surface area contributed by atoms with Gasteiger partial charge < -0.3 is 15.0 Å². The Hall–Kier alpha value is -2.82. The number of likely N-dealkylation sites (tertiary alicyclic amines) is 1. The number of carbonyl (C=O) groups is 2. The zero-order chi connectivity index (χ0) is 17.6. The van der Waals surface area contributed by atoms with Crippen molar-refractivity contribution in [2.75, 3.05) is 25.0 Å². The van der Waals surface area contributed by atoms with Crippen LogP contribution in [0.15, 0.2) is 48.5 Å². The summed E-state index contributed by atoms with van der Waals surface area (Å²) in [6.07, 6.45) is 2.12. The Morgan fingerprint density at radius 3 is 2.60 bits per heavy atom. The van der Waals surface area contributed by atoms with Gasteiger partial charge in [-0.15, -0.1) is 0 Å². The van der Waals surface area contributed by atoms with E-state index < -0.39 is 0 Å². The van der Waals surface area contributed by atoms with Crippen molar-refractivity contribution in [1.82, 2.24) is 4.90 Å². The number of nitrogens with one attached hydrogen (secondary N) is 1. The Balaban J connectivity index is 1.59. The van der Waals surface area contributed by atoms with Crippen LogP contribution in [0.2, 0.25) is 0 Å². The molecule has 0 saturated carbocycles. The quantitative estimate of drug-likeness (QED) is 0.910. The molecular weight excluding hydrogens is 316 g/mol. The first-order chi connectivity index (χ1) is 12.1. The average molecular weight is 338 g/mol. The maximum absolute atomic E-state index is 12.3. The molecular formula is C20H22N2O3. The molecule has 0 bridgehead atoms. The van der Waals surface area contributed by atoms with Crippen molar-refractivity contribution in [3.05, 3.63) is 59.7 Å². The third-order valence-electron chi connectivity index (χ3n) is 4.19. The van der Waals surface area contributed by atoms with Crippen molar-refractivity contribution < 1.29 is 14.3 Å². The molecule has 1 fully saturated rings. The number of aryl methyl sites for hydroxylation is 1. The van der Waals surface area contributed by atoms with Crippen LogP contribution in [0.3, 0.4) is 0 Å². The number of nitrogens with zero attached hydrogens (tertiary/aromatic N) is 1. The predicted octanol–water partition coefficient (Wildman–Crippen LogP) is 3.25.